The first-order chi connectivity index (χ1) is 13.5. The van der Waals surface area contributed by atoms with Crippen LogP contribution in [0.4, 0.5) is 4.39 Å². The highest BCUT2D eigenvalue weighted by atomic mass is 32.1. The van der Waals surface area contributed by atoms with Gasteiger partial charge in [0.05, 0.1) is 11.6 Å². The molecular weight excluding hydrogens is 379 g/mol. The molecule has 2 amide bonds. The number of thiazole rings is 1. The number of amides is 2. The summed E-state index contributed by atoms with van der Waals surface area (Å²) in [6, 6.07) is 6.81. The number of carbonyl (C=O) groups excluding carboxylic acids is 2. The first-order valence-corrected chi connectivity index (χ1v) is 10.4. The number of piperazine rings is 1. The van der Waals surface area contributed by atoms with Gasteiger partial charge in [-0.25, -0.2) is 9.37 Å². The fourth-order valence-electron chi connectivity index (χ4n) is 3.98. The van der Waals surface area contributed by atoms with Gasteiger partial charge in [0.15, 0.2) is 5.01 Å². The number of carbonyl (C=O) groups is 2. The van der Waals surface area contributed by atoms with Gasteiger partial charge in [-0.15, -0.1) is 11.3 Å². The predicted molar refractivity (Wildman–Crippen MR) is 105 cm³/mol. The first kappa shape index (κ1) is 19.0. The number of halogens is 1. The minimum atomic E-state index is -0.535. The largest absolute Gasteiger partial charge is 0.364 e. The summed E-state index contributed by atoms with van der Waals surface area (Å²) >= 11 is 1.31. The molecule has 1 aliphatic heterocycles. The van der Waals surface area contributed by atoms with Crippen molar-refractivity contribution in [2.75, 3.05) is 26.2 Å². The summed E-state index contributed by atoms with van der Waals surface area (Å²) in [7, 11) is 0. The summed E-state index contributed by atoms with van der Waals surface area (Å²) < 4.78 is 13.9. The first-order valence-electron chi connectivity index (χ1n) is 9.57. The van der Waals surface area contributed by atoms with Crippen molar-refractivity contribution < 1.29 is 14.0 Å². The van der Waals surface area contributed by atoms with Crippen LogP contribution in [0.1, 0.15) is 44.7 Å². The molecule has 0 bridgehead atoms. The molecule has 1 saturated heterocycles. The average Bonchev–Trinajstić information content (AvgIpc) is 3.15. The minimum Gasteiger partial charge on any atom is -0.364 e. The number of aromatic nitrogens is 1. The van der Waals surface area contributed by atoms with E-state index in [0.717, 1.165) is 29.8 Å². The molecule has 1 unspecified atom stereocenters. The molecule has 0 spiro atoms. The Morgan fingerprint density at radius 3 is 2.68 bits per heavy atom. The lowest BCUT2D eigenvalue weighted by Crippen LogP contribution is -2.50. The lowest BCUT2D eigenvalue weighted by Gasteiger charge is -2.37. The lowest BCUT2D eigenvalue weighted by atomic mass is 9.89. The second-order valence-corrected chi connectivity index (χ2v) is 8.41. The quantitative estimate of drug-likeness (QED) is 0.850. The number of benzene rings is 1. The smallest absolute Gasteiger partial charge is 0.277 e. The maximum Gasteiger partial charge on any atom is 0.277 e. The highest BCUT2D eigenvalue weighted by molar-refractivity contribution is 7.13. The van der Waals surface area contributed by atoms with Gasteiger partial charge in [-0.2, -0.15) is 0 Å². The van der Waals surface area contributed by atoms with Crippen molar-refractivity contribution in [2.45, 2.75) is 31.7 Å². The highest BCUT2D eigenvalue weighted by Gasteiger charge is 2.34. The Balaban J connectivity index is 1.40. The zero-order chi connectivity index (χ0) is 19.7. The van der Waals surface area contributed by atoms with Crippen LogP contribution < -0.4 is 5.73 Å². The molecule has 28 heavy (non-hydrogen) atoms. The number of hydrogen-bond acceptors (Lipinski definition) is 5. The Bertz CT molecular complexity index is 892. The molecule has 4 rings (SSSR count). The Morgan fingerprint density at radius 2 is 1.96 bits per heavy atom. The topological polar surface area (TPSA) is 79.5 Å². The molecule has 2 aromatic rings. The van der Waals surface area contributed by atoms with E-state index in [-0.39, 0.29) is 17.6 Å². The molecule has 2 N–H and O–H groups in total. The maximum absolute atomic E-state index is 13.9. The van der Waals surface area contributed by atoms with Crippen molar-refractivity contribution in [3.8, 4) is 0 Å². The van der Waals surface area contributed by atoms with Crippen LogP contribution in [0.3, 0.4) is 0 Å². The van der Waals surface area contributed by atoms with Crippen LogP contribution in [0.15, 0.2) is 24.3 Å². The monoisotopic (exact) mass is 402 g/mol. The molecule has 1 aliphatic carbocycles. The lowest BCUT2D eigenvalue weighted by molar-refractivity contribution is -0.135. The van der Waals surface area contributed by atoms with Crippen molar-refractivity contribution in [2.24, 2.45) is 5.73 Å². The van der Waals surface area contributed by atoms with Gasteiger partial charge in [0, 0.05) is 43.2 Å². The van der Waals surface area contributed by atoms with Crippen molar-refractivity contribution >= 4 is 23.2 Å². The van der Waals surface area contributed by atoms with E-state index in [1.807, 2.05) is 11.0 Å². The van der Waals surface area contributed by atoms with Crippen molar-refractivity contribution in [1.82, 2.24) is 14.8 Å². The molecule has 1 fully saturated rings. The third-order valence-corrected chi connectivity index (χ3v) is 6.64. The fourth-order valence-corrected chi connectivity index (χ4v) is 5.00. The highest BCUT2D eigenvalue weighted by Crippen LogP contribution is 2.36. The SMILES string of the molecule is NC(=O)c1nc2c(s1)CCCC2C(=O)N1CCN(Cc2ccccc2F)CC1. The van der Waals surface area contributed by atoms with Crippen molar-refractivity contribution in [3.63, 3.8) is 0 Å². The second-order valence-electron chi connectivity index (χ2n) is 7.33. The Morgan fingerprint density at radius 1 is 1.21 bits per heavy atom. The van der Waals surface area contributed by atoms with Crippen LogP contribution >= 0.6 is 11.3 Å². The van der Waals surface area contributed by atoms with Crippen LogP contribution in [0, 0.1) is 5.82 Å². The molecule has 0 radical (unpaired) electrons. The summed E-state index contributed by atoms with van der Waals surface area (Å²) in [5, 5.41) is 0.291. The summed E-state index contributed by atoms with van der Waals surface area (Å²) in [4.78, 5) is 34.0. The van der Waals surface area contributed by atoms with Gasteiger partial charge in [-0.3, -0.25) is 14.5 Å². The predicted octanol–water partition coefficient (Wildman–Crippen LogP) is 2.15. The van der Waals surface area contributed by atoms with Crippen LogP contribution in [0.2, 0.25) is 0 Å². The third-order valence-electron chi connectivity index (χ3n) is 5.50. The van der Waals surface area contributed by atoms with Gasteiger partial charge < -0.3 is 10.6 Å². The van der Waals surface area contributed by atoms with E-state index in [1.165, 1.54) is 17.4 Å². The van der Waals surface area contributed by atoms with E-state index in [4.69, 9.17) is 5.73 Å². The summed E-state index contributed by atoms with van der Waals surface area (Å²) in [6.07, 6.45) is 2.51. The number of nitrogens with zero attached hydrogens (tertiary/aromatic N) is 3. The molecule has 1 aromatic heterocycles. The Labute approximate surface area is 167 Å². The molecule has 2 aliphatic rings. The number of aryl methyl sites for hydroxylation is 1. The summed E-state index contributed by atoms with van der Waals surface area (Å²) in [6.45, 7) is 3.21. The van der Waals surface area contributed by atoms with Gasteiger partial charge in [0.25, 0.3) is 5.91 Å². The van der Waals surface area contributed by atoms with Crippen LogP contribution in [-0.2, 0) is 17.8 Å². The van der Waals surface area contributed by atoms with E-state index in [9.17, 15) is 14.0 Å². The third kappa shape index (κ3) is 3.79. The van der Waals surface area contributed by atoms with E-state index < -0.39 is 5.91 Å². The zero-order valence-electron chi connectivity index (χ0n) is 15.6. The van der Waals surface area contributed by atoms with Gasteiger partial charge in [0.1, 0.15) is 5.82 Å². The van der Waals surface area contributed by atoms with Gasteiger partial charge in [-0.1, -0.05) is 18.2 Å². The molecule has 2 heterocycles. The number of primary amides is 1. The van der Waals surface area contributed by atoms with Crippen LogP contribution in [0.5, 0.6) is 0 Å². The Hall–Kier alpha value is -2.32. The molecule has 6 nitrogen and oxygen atoms in total. The van der Waals surface area contributed by atoms with Crippen LogP contribution in [-0.4, -0.2) is 52.8 Å². The van der Waals surface area contributed by atoms with Crippen molar-refractivity contribution in [1.29, 1.82) is 0 Å². The average molecular weight is 402 g/mol. The molecule has 8 heteroatoms. The standard InChI is InChI=1S/C20H23FN4O2S/c21-15-6-2-1-4-13(15)12-24-8-10-25(11-9-24)20(27)14-5-3-7-16-17(14)23-19(28-16)18(22)26/h1-2,4,6,14H,3,5,7-12H2,(H2,22,26). The fraction of sp³-hybridized carbons (Fsp3) is 0.450. The van der Waals surface area contributed by atoms with E-state index in [1.54, 1.807) is 12.1 Å². The Kier molecular flexibility index (Phi) is 5.41. The number of fused-ring (bicyclic) bond motifs is 1. The maximum atomic E-state index is 13.9. The molecule has 1 aromatic carbocycles. The molecule has 0 saturated carbocycles. The second kappa shape index (κ2) is 7.97. The van der Waals surface area contributed by atoms with E-state index in [0.29, 0.717) is 43.3 Å². The molecule has 1 atom stereocenters. The minimum absolute atomic E-state index is 0.0767. The van der Waals surface area contributed by atoms with Crippen LogP contribution in [0.25, 0.3) is 0 Å². The molecular formula is C20H23FN4O2S. The number of nitrogens with two attached hydrogens (primary N) is 1. The zero-order valence-corrected chi connectivity index (χ0v) is 16.4. The molecule has 148 valence electrons. The summed E-state index contributed by atoms with van der Waals surface area (Å²) in [5.74, 6) is -0.934. The number of hydrogen-bond donors (Lipinski definition) is 1. The van der Waals surface area contributed by atoms with Gasteiger partial charge in [0.2, 0.25) is 5.91 Å². The van der Waals surface area contributed by atoms with Crippen molar-refractivity contribution in [3.05, 3.63) is 51.2 Å². The van der Waals surface area contributed by atoms with E-state index in [2.05, 4.69) is 9.88 Å². The number of rotatable bonds is 4. The van der Waals surface area contributed by atoms with E-state index >= 15 is 0 Å². The van der Waals surface area contributed by atoms with Gasteiger partial charge in [-0.05, 0) is 25.3 Å². The normalized spacial score (nSPS) is 20.0. The summed E-state index contributed by atoms with van der Waals surface area (Å²) in [5.41, 5.74) is 6.78. The van der Waals surface area contributed by atoms with Gasteiger partial charge >= 0.3 is 0 Å².